The van der Waals surface area contributed by atoms with Crippen LogP contribution in [-0.4, -0.2) is 41.5 Å². The number of hydrogen-bond donors (Lipinski definition) is 2. The van der Waals surface area contributed by atoms with Crippen molar-refractivity contribution in [2.24, 2.45) is 5.92 Å². The molecular formula is C18H27N3O2. The number of carbonyl (C=O) groups excluding carboxylic acids is 1. The van der Waals surface area contributed by atoms with Gasteiger partial charge in [-0.1, -0.05) is 13.8 Å². The third-order valence-electron chi connectivity index (χ3n) is 5.32. The van der Waals surface area contributed by atoms with Gasteiger partial charge in [0.25, 0.3) is 11.5 Å². The van der Waals surface area contributed by atoms with Gasteiger partial charge in [0.15, 0.2) is 0 Å². The largest absolute Gasteiger partial charge is 0.350 e. The van der Waals surface area contributed by atoms with Crippen LogP contribution in [0.4, 0.5) is 0 Å². The van der Waals surface area contributed by atoms with E-state index in [2.05, 4.69) is 29.0 Å². The highest BCUT2D eigenvalue weighted by Crippen LogP contribution is 2.23. The van der Waals surface area contributed by atoms with E-state index in [1.54, 1.807) is 0 Å². The van der Waals surface area contributed by atoms with Gasteiger partial charge in [0.05, 0.1) is 0 Å². The molecule has 1 aromatic heterocycles. The molecule has 2 aliphatic rings. The molecule has 2 heterocycles. The number of aromatic amines is 1. The molecule has 2 N–H and O–H groups in total. The summed E-state index contributed by atoms with van der Waals surface area (Å²) < 4.78 is 0. The number of likely N-dealkylation sites (tertiary alicyclic amines) is 1. The summed E-state index contributed by atoms with van der Waals surface area (Å²) in [5.74, 6) is 0.371. The van der Waals surface area contributed by atoms with Crippen LogP contribution in [0.1, 0.15) is 54.7 Å². The lowest BCUT2D eigenvalue weighted by molar-refractivity contribution is 0.0939. The molecule has 1 aromatic rings. The summed E-state index contributed by atoms with van der Waals surface area (Å²) >= 11 is 0. The van der Waals surface area contributed by atoms with Crippen LogP contribution in [0.5, 0.6) is 0 Å². The normalized spacial score (nSPS) is 24.4. The highest BCUT2D eigenvalue weighted by molar-refractivity contribution is 5.94. The fourth-order valence-corrected chi connectivity index (χ4v) is 3.90. The Hall–Kier alpha value is -1.62. The van der Waals surface area contributed by atoms with E-state index in [0.29, 0.717) is 18.5 Å². The lowest BCUT2D eigenvalue weighted by Gasteiger charge is -2.23. The van der Waals surface area contributed by atoms with Crippen LogP contribution >= 0.6 is 0 Å². The Morgan fingerprint density at radius 2 is 2.26 bits per heavy atom. The fourth-order valence-electron chi connectivity index (χ4n) is 3.90. The predicted octanol–water partition coefficient (Wildman–Crippen LogP) is 1.71. The van der Waals surface area contributed by atoms with Crippen molar-refractivity contribution in [3.05, 3.63) is 33.2 Å². The van der Waals surface area contributed by atoms with Gasteiger partial charge in [-0.05, 0) is 62.7 Å². The first-order chi connectivity index (χ1) is 11.1. The van der Waals surface area contributed by atoms with E-state index < -0.39 is 0 Å². The van der Waals surface area contributed by atoms with Crippen molar-refractivity contribution in [1.82, 2.24) is 15.2 Å². The average Bonchev–Trinajstić information content (AvgIpc) is 3.00. The number of aryl methyl sites for hydroxylation is 1. The first-order valence-corrected chi connectivity index (χ1v) is 8.85. The topological polar surface area (TPSA) is 65.2 Å². The van der Waals surface area contributed by atoms with Gasteiger partial charge >= 0.3 is 0 Å². The molecule has 126 valence electrons. The van der Waals surface area contributed by atoms with Gasteiger partial charge in [0, 0.05) is 18.3 Å². The first-order valence-electron chi connectivity index (χ1n) is 8.85. The van der Waals surface area contributed by atoms with Crippen LogP contribution < -0.4 is 10.9 Å². The quantitative estimate of drug-likeness (QED) is 0.888. The summed E-state index contributed by atoms with van der Waals surface area (Å²) in [6.45, 7) is 7.11. The maximum atomic E-state index is 12.4. The van der Waals surface area contributed by atoms with Crippen molar-refractivity contribution in [2.45, 2.75) is 52.0 Å². The predicted molar refractivity (Wildman–Crippen MR) is 90.9 cm³/mol. The number of pyridine rings is 1. The van der Waals surface area contributed by atoms with E-state index in [1.807, 2.05) is 6.07 Å². The number of rotatable bonds is 4. The Labute approximate surface area is 137 Å². The number of nitrogens with zero attached hydrogens (tertiary/aromatic N) is 1. The van der Waals surface area contributed by atoms with Gasteiger partial charge in [-0.25, -0.2) is 0 Å². The second kappa shape index (κ2) is 6.87. The molecule has 0 radical (unpaired) electrons. The molecule has 1 aliphatic carbocycles. The number of likely N-dealkylation sites (N-methyl/N-ethyl adjacent to an activating group) is 1. The molecule has 5 heteroatoms. The Morgan fingerprint density at radius 1 is 1.43 bits per heavy atom. The number of nitrogens with one attached hydrogen (secondary N) is 2. The summed E-state index contributed by atoms with van der Waals surface area (Å²) in [6.07, 6.45) is 5.25. The number of H-pyrrole nitrogens is 1. The molecule has 2 atom stereocenters. The van der Waals surface area contributed by atoms with E-state index in [0.717, 1.165) is 50.0 Å². The Bertz CT molecular complexity index is 638. The maximum Gasteiger partial charge on any atom is 0.261 e. The third-order valence-corrected chi connectivity index (χ3v) is 5.32. The molecule has 1 fully saturated rings. The smallest absolute Gasteiger partial charge is 0.261 e. The maximum absolute atomic E-state index is 12.4. The molecule has 5 nitrogen and oxygen atoms in total. The lowest BCUT2D eigenvalue weighted by Crippen LogP contribution is -2.41. The molecular weight excluding hydrogens is 290 g/mol. The van der Waals surface area contributed by atoms with Crippen molar-refractivity contribution in [3.8, 4) is 0 Å². The number of amides is 1. The minimum absolute atomic E-state index is 0.241. The van der Waals surface area contributed by atoms with Crippen LogP contribution in [0.25, 0.3) is 0 Å². The van der Waals surface area contributed by atoms with Crippen molar-refractivity contribution in [1.29, 1.82) is 0 Å². The standard InChI is InChI=1S/C18H27N3O2/c1-3-21-8-4-5-14(21)11-19-17(22)15-10-13-9-12(2)6-7-16(13)20-18(15)23/h10,12,14H,3-9,11H2,1-2H3,(H,19,22)(H,20,23). The molecule has 1 amide bonds. The zero-order valence-electron chi connectivity index (χ0n) is 14.2. The molecule has 0 spiro atoms. The minimum atomic E-state index is -0.255. The average molecular weight is 317 g/mol. The van der Waals surface area contributed by atoms with Crippen LogP contribution in [0.15, 0.2) is 10.9 Å². The number of carbonyl (C=O) groups is 1. The molecule has 23 heavy (non-hydrogen) atoms. The summed E-state index contributed by atoms with van der Waals surface area (Å²) in [6, 6.07) is 2.21. The van der Waals surface area contributed by atoms with Gasteiger partial charge < -0.3 is 10.3 Å². The summed E-state index contributed by atoms with van der Waals surface area (Å²) in [7, 11) is 0. The van der Waals surface area contributed by atoms with Crippen LogP contribution in [0.3, 0.4) is 0 Å². The van der Waals surface area contributed by atoms with Crippen molar-refractivity contribution < 1.29 is 4.79 Å². The van der Waals surface area contributed by atoms with E-state index in [1.165, 1.54) is 6.42 Å². The summed E-state index contributed by atoms with van der Waals surface area (Å²) in [5.41, 5.74) is 2.15. The Balaban J connectivity index is 1.70. The molecule has 0 bridgehead atoms. The van der Waals surface area contributed by atoms with E-state index in [9.17, 15) is 9.59 Å². The monoisotopic (exact) mass is 317 g/mol. The van der Waals surface area contributed by atoms with Crippen LogP contribution in [-0.2, 0) is 12.8 Å². The van der Waals surface area contributed by atoms with Gasteiger partial charge in [0.2, 0.25) is 0 Å². The number of aromatic nitrogens is 1. The van der Waals surface area contributed by atoms with Gasteiger partial charge in [-0.15, -0.1) is 0 Å². The molecule has 0 saturated carbocycles. The first kappa shape index (κ1) is 16.2. The lowest BCUT2D eigenvalue weighted by atomic mass is 9.87. The second-order valence-corrected chi connectivity index (χ2v) is 7.00. The van der Waals surface area contributed by atoms with Gasteiger partial charge in [-0.3, -0.25) is 14.5 Å². The van der Waals surface area contributed by atoms with Gasteiger partial charge in [0.1, 0.15) is 5.56 Å². The minimum Gasteiger partial charge on any atom is -0.350 e. The third kappa shape index (κ3) is 3.50. The molecule has 3 rings (SSSR count). The van der Waals surface area contributed by atoms with E-state index >= 15 is 0 Å². The van der Waals surface area contributed by atoms with E-state index in [-0.39, 0.29) is 17.0 Å². The molecule has 2 unspecified atom stereocenters. The van der Waals surface area contributed by atoms with Crippen molar-refractivity contribution in [2.75, 3.05) is 19.6 Å². The second-order valence-electron chi connectivity index (χ2n) is 7.00. The Kier molecular flexibility index (Phi) is 4.85. The van der Waals surface area contributed by atoms with Crippen LogP contribution in [0, 0.1) is 5.92 Å². The molecule has 0 aromatic carbocycles. The van der Waals surface area contributed by atoms with Crippen molar-refractivity contribution in [3.63, 3.8) is 0 Å². The highest BCUT2D eigenvalue weighted by Gasteiger charge is 2.24. The van der Waals surface area contributed by atoms with Crippen molar-refractivity contribution >= 4 is 5.91 Å². The highest BCUT2D eigenvalue weighted by atomic mass is 16.2. The summed E-state index contributed by atoms with van der Waals surface area (Å²) in [4.78, 5) is 29.9. The zero-order valence-corrected chi connectivity index (χ0v) is 14.2. The number of fused-ring (bicyclic) bond motifs is 1. The van der Waals surface area contributed by atoms with Crippen LogP contribution in [0.2, 0.25) is 0 Å². The number of hydrogen-bond acceptors (Lipinski definition) is 3. The Morgan fingerprint density at radius 3 is 3.04 bits per heavy atom. The fraction of sp³-hybridized carbons (Fsp3) is 0.667. The molecule has 1 aliphatic heterocycles. The van der Waals surface area contributed by atoms with Gasteiger partial charge in [-0.2, -0.15) is 0 Å². The molecule has 1 saturated heterocycles. The van der Waals surface area contributed by atoms with E-state index in [4.69, 9.17) is 0 Å². The zero-order chi connectivity index (χ0) is 16.4. The SMILES string of the molecule is CCN1CCCC1CNC(=O)c1cc2c([nH]c1=O)CCC(C)C2. The summed E-state index contributed by atoms with van der Waals surface area (Å²) in [5, 5.41) is 2.96.